The summed E-state index contributed by atoms with van der Waals surface area (Å²) in [5.74, 6) is -0.546. The number of amides is 1. The largest absolute Gasteiger partial charge is 0.418 e. The molecular formula is C11H10Br2F3NO. The zero-order chi connectivity index (χ0) is 14.1. The highest BCUT2D eigenvalue weighted by atomic mass is 79.9. The standard InChI is InChI=1S/C11H10Br2F3NO/c1-10(2,13)9(18)17-8-4-3-6(12)5-7(8)11(14,15)16/h3-5H,1-2H3,(H,17,18). The number of carbonyl (C=O) groups excluding carboxylic acids is 1. The second-order valence-corrected chi connectivity index (χ2v) is 7.01. The van der Waals surface area contributed by atoms with Crippen molar-refractivity contribution in [1.82, 2.24) is 0 Å². The molecule has 1 N–H and O–H groups in total. The van der Waals surface area contributed by atoms with Crippen LogP contribution in [0.1, 0.15) is 19.4 Å². The third-order valence-electron chi connectivity index (χ3n) is 2.08. The maximum absolute atomic E-state index is 12.8. The van der Waals surface area contributed by atoms with Crippen LogP contribution in [-0.4, -0.2) is 10.2 Å². The Kier molecular flexibility index (Phi) is 4.48. The van der Waals surface area contributed by atoms with Gasteiger partial charge in [0.05, 0.1) is 15.6 Å². The normalized spacial score (nSPS) is 12.4. The van der Waals surface area contributed by atoms with E-state index in [4.69, 9.17) is 0 Å². The highest BCUT2D eigenvalue weighted by Gasteiger charge is 2.35. The Bertz CT molecular complexity index is 466. The molecule has 1 rings (SSSR count). The number of rotatable bonds is 2. The first-order valence-corrected chi connectivity index (χ1v) is 6.47. The van der Waals surface area contributed by atoms with E-state index in [2.05, 4.69) is 37.2 Å². The van der Waals surface area contributed by atoms with Gasteiger partial charge in [-0.05, 0) is 32.0 Å². The second kappa shape index (κ2) is 5.21. The topological polar surface area (TPSA) is 29.1 Å². The SMILES string of the molecule is CC(C)(Br)C(=O)Nc1ccc(Br)cc1C(F)(F)F. The molecule has 0 radical (unpaired) electrons. The molecule has 0 heterocycles. The minimum absolute atomic E-state index is 0.261. The summed E-state index contributed by atoms with van der Waals surface area (Å²) in [5, 5.41) is 2.26. The first-order chi connectivity index (χ1) is 8.01. The van der Waals surface area contributed by atoms with E-state index in [9.17, 15) is 18.0 Å². The Morgan fingerprint density at radius 3 is 2.28 bits per heavy atom. The number of anilines is 1. The quantitative estimate of drug-likeness (QED) is 0.738. The van der Waals surface area contributed by atoms with Crippen molar-refractivity contribution in [2.75, 3.05) is 5.32 Å². The predicted molar refractivity (Wildman–Crippen MR) is 70.8 cm³/mol. The third-order valence-corrected chi connectivity index (χ3v) is 2.93. The smallest absolute Gasteiger partial charge is 0.324 e. The molecular weight excluding hydrogens is 379 g/mol. The molecule has 0 fully saturated rings. The number of nitrogens with one attached hydrogen (secondary N) is 1. The van der Waals surface area contributed by atoms with Gasteiger partial charge in [0.15, 0.2) is 0 Å². The van der Waals surface area contributed by atoms with Crippen LogP contribution in [-0.2, 0) is 11.0 Å². The summed E-state index contributed by atoms with van der Waals surface area (Å²) in [6.07, 6.45) is -4.52. The maximum Gasteiger partial charge on any atom is 0.418 e. The van der Waals surface area contributed by atoms with Crippen LogP contribution in [0.15, 0.2) is 22.7 Å². The van der Waals surface area contributed by atoms with Gasteiger partial charge >= 0.3 is 6.18 Å². The predicted octanol–water partition coefficient (Wildman–Crippen LogP) is 4.58. The fraction of sp³-hybridized carbons (Fsp3) is 0.364. The number of hydrogen-bond donors (Lipinski definition) is 1. The monoisotopic (exact) mass is 387 g/mol. The molecule has 0 aliphatic rings. The highest BCUT2D eigenvalue weighted by Crippen LogP contribution is 2.37. The molecule has 100 valence electrons. The Morgan fingerprint density at radius 1 is 1.28 bits per heavy atom. The molecule has 18 heavy (non-hydrogen) atoms. The molecule has 7 heteroatoms. The summed E-state index contributed by atoms with van der Waals surface area (Å²) in [4.78, 5) is 11.7. The molecule has 0 aliphatic carbocycles. The Labute approximate surface area is 119 Å². The average molecular weight is 389 g/mol. The fourth-order valence-electron chi connectivity index (χ4n) is 1.13. The summed E-state index contributed by atoms with van der Waals surface area (Å²) in [6, 6.07) is 3.58. The van der Waals surface area contributed by atoms with Crippen molar-refractivity contribution in [2.24, 2.45) is 0 Å². The van der Waals surface area contributed by atoms with Crippen LogP contribution in [0.25, 0.3) is 0 Å². The Morgan fingerprint density at radius 2 is 1.83 bits per heavy atom. The molecule has 0 spiro atoms. The van der Waals surface area contributed by atoms with Gasteiger partial charge in [-0.15, -0.1) is 0 Å². The molecule has 0 bridgehead atoms. The molecule has 0 aliphatic heterocycles. The van der Waals surface area contributed by atoms with Crippen LogP contribution in [0, 0.1) is 0 Å². The summed E-state index contributed by atoms with van der Waals surface area (Å²) in [7, 11) is 0. The number of benzene rings is 1. The van der Waals surface area contributed by atoms with Crippen molar-refractivity contribution in [1.29, 1.82) is 0 Å². The van der Waals surface area contributed by atoms with E-state index in [1.165, 1.54) is 12.1 Å². The van der Waals surface area contributed by atoms with Crippen LogP contribution in [0.2, 0.25) is 0 Å². The molecule has 0 saturated heterocycles. The van der Waals surface area contributed by atoms with E-state index < -0.39 is 22.0 Å². The Hall–Kier alpha value is -0.560. The second-order valence-electron chi connectivity index (χ2n) is 4.11. The van der Waals surface area contributed by atoms with Gasteiger partial charge in [-0.1, -0.05) is 31.9 Å². The summed E-state index contributed by atoms with van der Waals surface area (Å²) in [5.41, 5.74) is -1.15. The zero-order valence-corrected chi connectivity index (χ0v) is 12.7. The summed E-state index contributed by atoms with van der Waals surface area (Å²) < 4.78 is 37.7. The Balaban J connectivity index is 3.14. The molecule has 0 atom stereocenters. The molecule has 1 aromatic carbocycles. The zero-order valence-electron chi connectivity index (χ0n) is 9.53. The van der Waals surface area contributed by atoms with Gasteiger partial charge in [0.25, 0.3) is 0 Å². The van der Waals surface area contributed by atoms with Gasteiger partial charge in [0.1, 0.15) is 0 Å². The van der Waals surface area contributed by atoms with E-state index in [0.717, 1.165) is 6.07 Å². The molecule has 1 aromatic rings. The number of alkyl halides is 4. The summed E-state index contributed by atoms with van der Waals surface area (Å²) in [6.45, 7) is 3.10. The highest BCUT2D eigenvalue weighted by molar-refractivity contribution is 9.10. The average Bonchev–Trinajstić information content (AvgIpc) is 2.17. The van der Waals surface area contributed by atoms with E-state index >= 15 is 0 Å². The van der Waals surface area contributed by atoms with Crippen molar-refractivity contribution in [3.63, 3.8) is 0 Å². The van der Waals surface area contributed by atoms with Crippen molar-refractivity contribution in [3.8, 4) is 0 Å². The van der Waals surface area contributed by atoms with Crippen LogP contribution in [0.4, 0.5) is 18.9 Å². The van der Waals surface area contributed by atoms with Crippen LogP contribution < -0.4 is 5.32 Å². The van der Waals surface area contributed by atoms with Gasteiger partial charge in [0.2, 0.25) is 5.91 Å². The fourth-order valence-corrected chi connectivity index (χ4v) is 1.59. The lowest BCUT2D eigenvalue weighted by molar-refractivity contribution is -0.137. The molecule has 0 aromatic heterocycles. The molecule has 0 saturated carbocycles. The third kappa shape index (κ3) is 3.98. The molecule has 2 nitrogen and oxygen atoms in total. The van der Waals surface area contributed by atoms with E-state index in [0.29, 0.717) is 4.47 Å². The van der Waals surface area contributed by atoms with Gasteiger partial charge < -0.3 is 5.32 Å². The van der Waals surface area contributed by atoms with E-state index in [1.807, 2.05) is 0 Å². The maximum atomic E-state index is 12.8. The first-order valence-electron chi connectivity index (χ1n) is 4.89. The van der Waals surface area contributed by atoms with Crippen molar-refractivity contribution >= 4 is 43.5 Å². The first kappa shape index (κ1) is 15.5. The summed E-state index contributed by atoms with van der Waals surface area (Å²) >= 11 is 6.06. The lowest BCUT2D eigenvalue weighted by Crippen LogP contribution is -2.31. The van der Waals surface area contributed by atoms with E-state index in [1.54, 1.807) is 13.8 Å². The lowest BCUT2D eigenvalue weighted by Gasteiger charge is -2.19. The van der Waals surface area contributed by atoms with Gasteiger partial charge in [-0.3, -0.25) is 4.79 Å². The lowest BCUT2D eigenvalue weighted by atomic mass is 10.1. The van der Waals surface area contributed by atoms with Gasteiger partial charge in [-0.2, -0.15) is 13.2 Å². The number of carbonyl (C=O) groups is 1. The number of hydrogen-bond acceptors (Lipinski definition) is 1. The minimum Gasteiger partial charge on any atom is -0.324 e. The van der Waals surface area contributed by atoms with Crippen molar-refractivity contribution in [3.05, 3.63) is 28.2 Å². The molecule has 0 unspecified atom stereocenters. The molecule has 1 amide bonds. The van der Waals surface area contributed by atoms with Crippen LogP contribution >= 0.6 is 31.9 Å². The van der Waals surface area contributed by atoms with Crippen molar-refractivity contribution in [2.45, 2.75) is 24.3 Å². The van der Waals surface area contributed by atoms with Gasteiger partial charge in [0, 0.05) is 4.47 Å². The van der Waals surface area contributed by atoms with Crippen molar-refractivity contribution < 1.29 is 18.0 Å². The van der Waals surface area contributed by atoms with Crippen LogP contribution in [0.3, 0.4) is 0 Å². The minimum atomic E-state index is -4.52. The van der Waals surface area contributed by atoms with E-state index in [-0.39, 0.29) is 5.69 Å². The number of halogens is 5. The van der Waals surface area contributed by atoms with Crippen LogP contribution in [0.5, 0.6) is 0 Å². The van der Waals surface area contributed by atoms with Gasteiger partial charge in [-0.25, -0.2) is 0 Å².